The van der Waals surface area contributed by atoms with Gasteiger partial charge in [-0.2, -0.15) is 4.98 Å². The number of imidazole rings is 1. The van der Waals surface area contributed by atoms with Crippen molar-refractivity contribution in [2.24, 2.45) is 7.05 Å². The van der Waals surface area contributed by atoms with Crippen LogP contribution in [-0.2, 0) is 13.6 Å². The Labute approximate surface area is 158 Å². The number of benzene rings is 1. The van der Waals surface area contributed by atoms with Crippen LogP contribution in [0.3, 0.4) is 0 Å². The average molecular weight is 369 g/mol. The van der Waals surface area contributed by atoms with E-state index in [4.69, 9.17) is 0 Å². The first kappa shape index (κ1) is 19.1. The third kappa shape index (κ3) is 4.03. The van der Waals surface area contributed by atoms with E-state index in [1.807, 2.05) is 55.7 Å². The van der Waals surface area contributed by atoms with Gasteiger partial charge in [-0.1, -0.05) is 30.3 Å². The Morgan fingerprint density at radius 1 is 1.22 bits per heavy atom. The van der Waals surface area contributed by atoms with Gasteiger partial charge in [-0.15, -0.1) is 0 Å². The number of fused-ring (bicyclic) bond motifs is 1. The molecule has 1 atom stereocenters. The van der Waals surface area contributed by atoms with Gasteiger partial charge >= 0.3 is 0 Å². The number of nitrogens with zero attached hydrogens (tertiary/aromatic N) is 4. The number of hydrogen-bond acceptors (Lipinski definition) is 5. The first-order chi connectivity index (χ1) is 12.7. The molecule has 0 aliphatic rings. The molecule has 0 spiro atoms. The molecule has 0 radical (unpaired) electrons. The number of aromatic nitrogens is 4. The minimum Gasteiger partial charge on any atom is -0.393 e. The van der Waals surface area contributed by atoms with E-state index in [0.29, 0.717) is 30.1 Å². The second-order valence-electron chi connectivity index (χ2n) is 7.76. The molecule has 3 rings (SSSR count). The maximum Gasteiger partial charge on any atom is 0.280 e. The molecule has 7 nitrogen and oxygen atoms in total. The molecule has 0 amide bonds. The second kappa shape index (κ2) is 7.15. The molecule has 0 saturated carbocycles. The fourth-order valence-electron chi connectivity index (χ4n) is 3.43. The van der Waals surface area contributed by atoms with Gasteiger partial charge in [-0.05, 0) is 39.7 Å². The van der Waals surface area contributed by atoms with Crippen molar-refractivity contribution in [2.45, 2.75) is 52.3 Å². The highest BCUT2D eigenvalue weighted by molar-refractivity contribution is 5.72. The van der Waals surface area contributed by atoms with E-state index in [-0.39, 0.29) is 5.56 Å². The maximum absolute atomic E-state index is 13.1. The summed E-state index contributed by atoms with van der Waals surface area (Å²) in [7, 11) is 1.70. The summed E-state index contributed by atoms with van der Waals surface area (Å²) in [4.78, 5) is 22.2. The molecule has 1 aromatic carbocycles. The van der Waals surface area contributed by atoms with E-state index in [1.165, 1.54) is 4.57 Å². The molecular formula is C20H27N5O2. The van der Waals surface area contributed by atoms with Crippen LogP contribution in [0.1, 0.15) is 38.6 Å². The van der Waals surface area contributed by atoms with E-state index in [9.17, 15) is 9.90 Å². The van der Waals surface area contributed by atoms with Gasteiger partial charge in [0.05, 0.1) is 6.10 Å². The quantitative estimate of drug-likeness (QED) is 0.697. The Kier molecular flexibility index (Phi) is 5.06. The van der Waals surface area contributed by atoms with Gasteiger partial charge in [0, 0.05) is 19.1 Å². The highest BCUT2D eigenvalue weighted by atomic mass is 16.3. The molecule has 3 aromatic rings. The zero-order chi connectivity index (χ0) is 19.8. The second-order valence-corrected chi connectivity index (χ2v) is 7.76. The molecule has 2 N–H and O–H groups in total. The van der Waals surface area contributed by atoms with Crippen LogP contribution in [0.4, 0.5) is 5.95 Å². The van der Waals surface area contributed by atoms with Crippen LogP contribution in [0.2, 0.25) is 0 Å². The van der Waals surface area contributed by atoms with Crippen molar-refractivity contribution in [3.05, 3.63) is 52.1 Å². The van der Waals surface area contributed by atoms with E-state index < -0.39 is 11.6 Å². The standard InChI is InChI=1S/C20H27N5O2/c1-13(26)11-20(3,4)23-19-22-17-16(18(27)24(19)5)25(14(2)21-17)12-15-9-7-6-8-10-15/h6-10,13,26H,11-12H2,1-5H3,(H,22,23)/t13-/m0/s1. The van der Waals surface area contributed by atoms with Crippen LogP contribution in [0.5, 0.6) is 0 Å². The summed E-state index contributed by atoms with van der Waals surface area (Å²) in [6, 6.07) is 9.98. The van der Waals surface area contributed by atoms with Gasteiger partial charge in [0.2, 0.25) is 5.95 Å². The van der Waals surface area contributed by atoms with Crippen molar-refractivity contribution >= 4 is 17.1 Å². The molecule has 0 saturated heterocycles. The molecule has 2 heterocycles. The Bertz CT molecular complexity index is 1000. The van der Waals surface area contributed by atoms with Gasteiger partial charge in [0.25, 0.3) is 5.56 Å². The summed E-state index contributed by atoms with van der Waals surface area (Å²) < 4.78 is 3.42. The number of rotatable bonds is 6. The third-order valence-electron chi connectivity index (χ3n) is 4.62. The van der Waals surface area contributed by atoms with Crippen molar-refractivity contribution in [1.29, 1.82) is 0 Å². The number of hydrogen-bond donors (Lipinski definition) is 2. The Balaban J connectivity index is 2.05. The smallest absolute Gasteiger partial charge is 0.280 e. The molecular weight excluding hydrogens is 342 g/mol. The van der Waals surface area contributed by atoms with Crippen LogP contribution >= 0.6 is 0 Å². The zero-order valence-corrected chi connectivity index (χ0v) is 16.5. The minimum absolute atomic E-state index is 0.146. The number of anilines is 1. The lowest BCUT2D eigenvalue weighted by molar-refractivity contribution is 0.163. The van der Waals surface area contributed by atoms with E-state index in [0.717, 1.165) is 11.4 Å². The molecule has 0 aliphatic carbocycles. The van der Waals surface area contributed by atoms with Gasteiger partial charge in [-0.3, -0.25) is 9.36 Å². The lowest BCUT2D eigenvalue weighted by Crippen LogP contribution is -2.37. The maximum atomic E-state index is 13.1. The SMILES string of the molecule is Cc1nc2nc(NC(C)(C)C[C@H](C)O)n(C)c(=O)c2n1Cc1ccccc1. The van der Waals surface area contributed by atoms with Crippen LogP contribution in [0.15, 0.2) is 35.1 Å². The van der Waals surface area contributed by atoms with Crippen molar-refractivity contribution in [3.63, 3.8) is 0 Å². The van der Waals surface area contributed by atoms with E-state index in [2.05, 4.69) is 15.3 Å². The minimum atomic E-state index is -0.458. The average Bonchev–Trinajstić information content (AvgIpc) is 2.87. The molecule has 0 bridgehead atoms. The van der Waals surface area contributed by atoms with Gasteiger partial charge in [0.15, 0.2) is 11.2 Å². The topological polar surface area (TPSA) is 85.0 Å². The normalized spacial score (nSPS) is 13.1. The Morgan fingerprint density at radius 2 is 1.89 bits per heavy atom. The molecule has 2 aromatic heterocycles. The Morgan fingerprint density at radius 3 is 2.52 bits per heavy atom. The third-order valence-corrected chi connectivity index (χ3v) is 4.62. The molecule has 0 aliphatic heterocycles. The number of nitrogens with one attached hydrogen (secondary N) is 1. The lowest BCUT2D eigenvalue weighted by atomic mass is 9.98. The van der Waals surface area contributed by atoms with E-state index >= 15 is 0 Å². The summed E-state index contributed by atoms with van der Waals surface area (Å²) in [6.07, 6.45) is 0.0723. The largest absolute Gasteiger partial charge is 0.393 e. The molecule has 0 fully saturated rings. The number of aryl methyl sites for hydroxylation is 1. The summed E-state index contributed by atoms with van der Waals surface area (Å²) >= 11 is 0. The summed E-state index contributed by atoms with van der Waals surface area (Å²) in [5.41, 5.74) is 1.47. The highest BCUT2D eigenvalue weighted by Gasteiger charge is 2.24. The van der Waals surface area contributed by atoms with Crippen LogP contribution in [0, 0.1) is 6.92 Å². The number of aliphatic hydroxyl groups is 1. The monoisotopic (exact) mass is 369 g/mol. The van der Waals surface area contributed by atoms with Gasteiger partial charge in [0.1, 0.15) is 5.82 Å². The first-order valence-corrected chi connectivity index (χ1v) is 9.12. The lowest BCUT2D eigenvalue weighted by Gasteiger charge is -2.28. The van der Waals surface area contributed by atoms with Gasteiger partial charge < -0.3 is 15.0 Å². The zero-order valence-electron chi connectivity index (χ0n) is 16.5. The molecule has 27 heavy (non-hydrogen) atoms. The predicted molar refractivity (Wildman–Crippen MR) is 107 cm³/mol. The first-order valence-electron chi connectivity index (χ1n) is 9.12. The van der Waals surface area contributed by atoms with Crippen molar-refractivity contribution in [3.8, 4) is 0 Å². The van der Waals surface area contributed by atoms with Crippen LogP contribution in [-0.4, -0.2) is 35.9 Å². The fourth-order valence-corrected chi connectivity index (χ4v) is 3.43. The predicted octanol–water partition coefficient (Wildman–Crippen LogP) is 2.45. The summed E-state index contributed by atoms with van der Waals surface area (Å²) in [5, 5.41) is 13.0. The number of aliphatic hydroxyl groups excluding tert-OH is 1. The summed E-state index contributed by atoms with van der Waals surface area (Å²) in [6.45, 7) is 8.13. The van der Waals surface area contributed by atoms with Crippen molar-refractivity contribution in [1.82, 2.24) is 19.1 Å². The van der Waals surface area contributed by atoms with Crippen LogP contribution in [0.25, 0.3) is 11.2 Å². The Hall–Kier alpha value is -2.67. The van der Waals surface area contributed by atoms with Crippen molar-refractivity contribution in [2.75, 3.05) is 5.32 Å². The summed E-state index contributed by atoms with van der Waals surface area (Å²) in [5.74, 6) is 1.20. The fraction of sp³-hybridized carbons (Fsp3) is 0.450. The van der Waals surface area contributed by atoms with Crippen molar-refractivity contribution < 1.29 is 5.11 Å². The molecule has 7 heteroatoms. The molecule has 144 valence electrons. The van der Waals surface area contributed by atoms with E-state index in [1.54, 1.807) is 14.0 Å². The van der Waals surface area contributed by atoms with Crippen LogP contribution < -0.4 is 10.9 Å². The highest BCUT2D eigenvalue weighted by Crippen LogP contribution is 2.20. The van der Waals surface area contributed by atoms with Gasteiger partial charge in [-0.25, -0.2) is 4.98 Å². The molecule has 0 unspecified atom stereocenters.